The van der Waals surface area contributed by atoms with Gasteiger partial charge >= 0.3 is 0 Å². The number of rotatable bonds is 7. The summed E-state index contributed by atoms with van der Waals surface area (Å²) in [5.74, 6) is 1.77. The van der Waals surface area contributed by atoms with Gasteiger partial charge in [-0.25, -0.2) is 4.98 Å². The van der Waals surface area contributed by atoms with Crippen LogP contribution in [0.1, 0.15) is 44.3 Å². The summed E-state index contributed by atoms with van der Waals surface area (Å²) in [4.78, 5) is 16.9. The minimum atomic E-state index is 0.271. The van der Waals surface area contributed by atoms with Gasteiger partial charge in [-0.1, -0.05) is 48.6 Å². The van der Waals surface area contributed by atoms with Crippen LogP contribution in [0.5, 0.6) is 0 Å². The van der Waals surface area contributed by atoms with E-state index in [9.17, 15) is 4.79 Å². The molecule has 1 aromatic heterocycles. The molecule has 2 heterocycles. The van der Waals surface area contributed by atoms with Crippen molar-refractivity contribution in [3.8, 4) is 11.3 Å². The van der Waals surface area contributed by atoms with Gasteiger partial charge < -0.3 is 9.73 Å². The van der Waals surface area contributed by atoms with Crippen LogP contribution in [0.4, 0.5) is 0 Å². The third-order valence-corrected chi connectivity index (χ3v) is 5.06. The van der Waals surface area contributed by atoms with Gasteiger partial charge in [0.25, 0.3) is 0 Å². The first-order valence-electron chi connectivity index (χ1n) is 9.39. The number of nitrogens with zero attached hydrogens (tertiary/aromatic N) is 1. The number of oxazole rings is 1. The van der Waals surface area contributed by atoms with Gasteiger partial charge in [0.1, 0.15) is 11.5 Å². The molecule has 0 bridgehead atoms. The molecule has 4 rings (SSSR count). The maximum absolute atomic E-state index is 12.1. The highest BCUT2D eigenvalue weighted by molar-refractivity contribution is 5.80. The lowest BCUT2D eigenvalue weighted by atomic mass is 9.99. The largest absolute Gasteiger partial charge is 0.440 e. The van der Waals surface area contributed by atoms with Crippen molar-refractivity contribution >= 4 is 11.4 Å². The molecule has 4 nitrogen and oxygen atoms in total. The average molecular weight is 348 g/mol. The molecule has 0 saturated carbocycles. The minimum Gasteiger partial charge on any atom is -0.440 e. The molecule has 2 aromatic rings. The first kappa shape index (κ1) is 17.0. The Bertz CT molecular complexity index is 848. The van der Waals surface area contributed by atoms with Gasteiger partial charge in [0.15, 0.2) is 11.7 Å². The Balaban J connectivity index is 1.54. The lowest BCUT2D eigenvalue weighted by molar-refractivity contribution is -0.119. The van der Waals surface area contributed by atoms with Gasteiger partial charge in [0.05, 0.1) is 0 Å². The standard InChI is InChI=1S/C22H24N2O2/c1-15-19(23-15)14-18(25)12-13-20-24-21(16-8-4-2-5-9-16)22(26-20)17-10-6-3-7-11-17/h2-6,8-10,15,19,23H,7,11-14H2,1H3. The molecule has 0 radical (unpaired) electrons. The van der Waals surface area contributed by atoms with Gasteiger partial charge in [-0.2, -0.15) is 0 Å². The summed E-state index contributed by atoms with van der Waals surface area (Å²) in [6.07, 6.45) is 9.96. The Hall–Kier alpha value is -2.46. The number of hydrogen-bond acceptors (Lipinski definition) is 4. The lowest BCUT2D eigenvalue weighted by Gasteiger charge is -2.07. The highest BCUT2D eigenvalue weighted by Crippen LogP contribution is 2.33. The molecule has 4 heteroatoms. The quantitative estimate of drug-likeness (QED) is 0.757. The van der Waals surface area contributed by atoms with Crippen LogP contribution in [0, 0.1) is 0 Å². The Labute approximate surface area is 154 Å². The van der Waals surface area contributed by atoms with Crippen LogP contribution < -0.4 is 5.32 Å². The van der Waals surface area contributed by atoms with Crippen LogP contribution in [0.25, 0.3) is 16.8 Å². The third-order valence-electron chi connectivity index (χ3n) is 5.06. The monoisotopic (exact) mass is 348 g/mol. The zero-order valence-electron chi connectivity index (χ0n) is 15.1. The van der Waals surface area contributed by atoms with E-state index in [2.05, 4.69) is 42.6 Å². The summed E-state index contributed by atoms with van der Waals surface area (Å²) in [5.41, 5.74) is 3.11. The maximum Gasteiger partial charge on any atom is 0.195 e. The van der Waals surface area contributed by atoms with Crippen molar-refractivity contribution < 1.29 is 9.21 Å². The third kappa shape index (κ3) is 3.86. The number of benzene rings is 1. The highest BCUT2D eigenvalue weighted by atomic mass is 16.4. The Morgan fingerprint density at radius 2 is 2.12 bits per heavy atom. The molecule has 1 fully saturated rings. The second-order valence-corrected chi connectivity index (χ2v) is 7.11. The average Bonchev–Trinajstić information content (AvgIpc) is 3.20. The number of allylic oxidation sites excluding steroid dienone is 4. The van der Waals surface area contributed by atoms with Crippen molar-refractivity contribution in [1.82, 2.24) is 10.3 Å². The molecule has 1 N–H and O–H groups in total. The van der Waals surface area contributed by atoms with Crippen molar-refractivity contribution in [2.24, 2.45) is 0 Å². The van der Waals surface area contributed by atoms with Crippen LogP contribution in [0.2, 0.25) is 0 Å². The highest BCUT2D eigenvalue weighted by Gasteiger charge is 2.32. The Morgan fingerprint density at radius 1 is 1.31 bits per heavy atom. The van der Waals surface area contributed by atoms with Crippen molar-refractivity contribution in [3.05, 3.63) is 60.2 Å². The summed E-state index contributed by atoms with van der Waals surface area (Å²) < 4.78 is 6.12. The summed E-state index contributed by atoms with van der Waals surface area (Å²) >= 11 is 0. The second kappa shape index (κ2) is 7.42. The van der Waals surface area contributed by atoms with Gasteiger partial charge in [-0.3, -0.25) is 4.79 Å². The zero-order chi connectivity index (χ0) is 17.9. The van der Waals surface area contributed by atoms with E-state index < -0.39 is 0 Å². The molecule has 2 unspecified atom stereocenters. The molecule has 2 atom stereocenters. The van der Waals surface area contributed by atoms with E-state index in [4.69, 9.17) is 9.40 Å². The van der Waals surface area contributed by atoms with E-state index in [1.807, 2.05) is 18.2 Å². The second-order valence-electron chi connectivity index (χ2n) is 7.11. The van der Waals surface area contributed by atoms with Gasteiger partial charge in [-0.05, 0) is 25.3 Å². The number of hydrogen-bond donors (Lipinski definition) is 1. The molecule has 1 aliphatic carbocycles. The molecule has 1 aliphatic heterocycles. The van der Waals surface area contributed by atoms with Gasteiger partial charge in [0, 0.05) is 36.9 Å². The van der Waals surface area contributed by atoms with E-state index in [-0.39, 0.29) is 5.78 Å². The van der Waals surface area contributed by atoms with E-state index in [1.54, 1.807) is 0 Å². The summed E-state index contributed by atoms with van der Waals surface area (Å²) in [7, 11) is 0. The summed E-state index contributed by atoms with van der Waals surface area (Å²) in [6.45, 7) is 2.11. The fraction of sp³-hybridized carbons (Fsp3) is 0.364. The van der Waals surface area contributed by atoms with E-state index >= 15 is 0 Å². The van der Waals surface area contributed by atoms with Gasteiger partial charge in [0.2, 0.25) is 0 Å². The molecule has 26 heavy (non-hydrogen) atoms. The van der Waals surface area contributed by atoms with Crippen LogP contribution in [-0.4, -0.2) is 22.9 Å². The fourth-order valence-electron chi connectivity index (χ4n) is 3.38. The van der Waals surface area contributed by atoms with Crippen molar-refractivity contribution in [2.75, 3.05) is 0 Å². The van der Waals surface area contributed by atoms with Crippen molar-refractivity contribution in [2.45, 2.75) is 51.1 Å². The lowest BCUT2D eigenvalue weighted by Crippen LogP contribution is -2.06. The van der Waals surface area contributed by atoms with Gasteiger partial charge in [-0.15, -0.1) is 0 Å². The van der Waals surface area contributed by atoms with Crippen molar-refractivity contribution in [1.29, 1.82) is 0 Å². The smallest absolute Gasteiger partial charge is 0.195 e. The first-order valence-corrected chi connectivity index (χ1v) is 9.39. The topological polar surface area (TPSA) is 65.0 Å². The normalized spacial score (nSPS) is 21.5. The predicted octanol–water partition coefficient (Wildman–Crippen LogP) is 4.33. The first-order chi connectivity index (χ1) is 12.7. The Kier molecular flexibility index (Phi) is 4.85. The molecule has 2 aliphatic rings. The predicted molar refractivity (Wildman–Crippen MR) is 103 cm³/mol. The summed E-state index contributed by atoms with van der Waals surface area (Å²) in [6, 6.07) is 11.0. The minimum absolute atomic E-state index is 0.271. The number of carbonyl (C=O) groups excluding carboxylic acids is 1. The molecule has 134 valence electrons. The summed E-state index contributed by atoms with van der Waals surface area (Å²) in [5, 5.41) is 3.26. The van der Waals surface area contributed by atoms with E-state index in [1.165, 1.54) is 5.57 Å². The van der Waals surface area contributed by atoms with E-state index in [0.29, 0.717) is 37.2 Å². The van der Waals surface area contributed by atoms with Crippen LogP contribution in [0.3, 0.4) is 0 Å². The number of carbonyl (C=O) groups is 1. The zero-order valence-corrected chi connectivity index (χ0v) is 15.1. The molecule has 0 spiro atoms. The molecule has 1 saturated heterocycles. The SMILES string of the molecule is CC1NC1CC(=O)CCc1nc(-c2ccccc2)c(C2=CC=CCC2)o1. The number of aromatic nitrogens is 1. The molecular formula is C22H24N2O2. The maximum atomic E-state index is 12.1. The Morgan fingerprint density at radius 3 is 2.81 bits per heavy atom. The molecular weight excluding hydrogens is 324 g/mol. The van der Waals surface area contributed by atoms with Crippen molar-refractivity contribution in [3.63, 3.8) is 0 Å². The number of ketones is 1. The fourth-order valence-corrected chi connectivity index (χ4v) is 3.38. The number of Topliss-reactive ketones (excluding diaryl/α,β-unsaturated/α-hetero) is 1. The molecule has 1 aromatic carbocycles. The number of nitrogens with one attached hydrogen (secondary N) is 1. The van der Waals surface area contributed by atoms with E-state index in [0.717, 1.165) is 29.9 Å². The number of aryl methyl sites for hydroxylation is 1. The van der Waals surface area contributed by atoms with Crippen LogP contribution in [-0.2, 0) is 11.2 Å². The van der Waals surface area contributed by atoms with Crippen LogP contribution in [0.15, 0.2) is 53.0 Å². The van der Waals surface area contributed by atoms with Crippen LogP contribution >= 0.6 is 0 Å². The molecule has 0 amide bonds.